The normalized spacial score (nSPS) is 10.7. The van der Waals surface area contributed by atoms with Crippen molar-refractivity contribution in [2.24, 2.45) is 0 Å². The molecule has 4 aromatic rings. The van der Waals surface area contributed by atoms with Crippen LogP contribution in [0.1, 0.15) is 32.1 Å². The number of nitro groups is 1. The van der Waals surface area contributed by atoms with Crippen LogP contribution in [-0.2, 0) is 0 Å². The molecule has 0 unspecified atom stereocenters. The molecule has 4 rings (SSSR count). The highest BCUT2D eigenvalue weighted by molar-refractivity contribution is 6.11. The second-order valence-corrected chi connectivity index (χ2v) is 8.01. The molecule has 178 valence electrons. The molecule has 1 aromatic heterocycles. The van der Waals surface area contributed by atoms with Crippen LogP contribution in [0.4, 0.5) is 17.1 Å². The molecule has 2 amide bonds. The van der Waals surface area contributed by atoms with Gasteiger partial charge in [0.1, 0.15) is 22.8 Å². The molecule has 0 aliphatic rings. The number of H-pyrrole nitrogens is 1. The summed E-state index contributed by atoms with van der Waals surface area (Å²) < 4.78 is 5.39. The standard InChI is InChI=1S/C25H23N5O5/c1-14-8-11-20(21(12-14)30(33)34)29(3)25(32)16-9-10-17(22(13-16)35-4)24(31)28-19-7-5-6-18-23(19)27-15(2)26-18/h5-13H,1-4H3,(H,26,27)(H,28,31). The summed E-state index contributed by atoms with van der Waals surface area (Å²) >= 11 is 0. The maximum Gasteiger partial charge on any atom is 0.293 e. The van der Waals surface area contributed by atoms with Gasteiger partial charge in [-0.05, 0) is 55.8 Å². The van der Waals surface area contributed by atoms with Crippen molar-refractivity contribution in [3.63, 3.8) is 0 Å². The maximum atomic E-state index is 13.1. The number of carbonyl (C=O) groups is 2. The van der Waals surface area contributed by atoms with Gasteiger partial charge in [0.05, 0.1) is 28.8 Å². The van der Waals surface area contributed by atoms with Crippen molar-refractivity contribution in [2.75, 3.05) is 24.4 Å². The molecule has 35 heavy (non-hydrogen) atoms. The summed E-state index contributed by atoms with van der Waals surface area (Å²) in [5.41, 5.74) is 3.08. The number of anilines is 2. The number of hydrogen-bond donors (Lipinski definition) is 2. The highest BCUT2D eigenvalue weighted by atomic mass is 16.6. The Hall–Kier alpha value is -4.73. The molecular formula is C25H23N5O5. The minimum atomic E-state index is -0.526. The van der Waals surface area contributed by atoms with Crippen LogP contribution in [0.15, 0.2) is 54.6 Å². The fourth-order valence-corrected chi connectivity index (χ4v) is 3.82. The Labute approximate surface area is 200 Å². The molecule has 0 atom stereocenters. The van der Waals surface area contributed by atoms with E-state index in [2.05, 4.69) is 15.3 Å². The lowest BCUT2D eigenvalue weighted by Crippen LogP contribution is -2.27. The minimum absolute atomic E-state index is 0.161. The third-order valence-corrected chi connectivity index (χ3v) is 5.57. The summed E-state index contributed by atoms with van der Waals surface area (Å²) in [6.45, 7) is 3.56. The predicted molar refractivity (Wildman–Crippen MR) is 132 cm³/mol. The number of aromatic nitrogens is 2. The highest BCUT2D eigenvalue weighted by Crippen LogP contribution is 2.31. The first kappa shape index (κ1) is 23.4. The van der Waals surface area contributed by atoms with Crippen LogP contribution in [0, 0.1) is 24.0 Å². The molecule has 0 fully saturated rings. The Morgan fingerprint density at radius 3 is 2.60 bits per heavy atom. The molecule has 3 aromatic carbocycles. The van der Waals surface area contributed by atoms with Gasteiger partial charge in [-0.3, -0.25) is 19.7 Å². The second-order valence-electron chi connectivity index (χ2n) is 8.01. The molecule has 0 saturated heterocycles. The first-order valence-electron chi connectivity index (χ1n) is 10.7. The Morgan fingerprint density at radius 1 is 1.11 bits per heavy atom. The lowest BCUT2D eigenvalue weighted by Gasteiger charge is -2.18. The van der Waals surface area contributed by atoms with Gasteiger partial charge in [-0.15, -0.1) is 0 Å². The van der Waals surface area contributed by atoms with Crippen molar-refractivity contribution >= 4 is 39.9 Å². The topological polar surface area (TPSA) is 130 Å². The number of fused-ring (bicyclic) bond motifs is 1. The van der Waals surface area contributed by atoms with Gasteiger partial charge in [-0.2, -0.15) is 0 Å². The number of aromatic amines is 1. The average Bonchev–Trinajstić information content (AvgIpc) is 3.23. The van der Waals surface area contributed by atoms with Gasteiger partial charge in [0.25, 0.3) is 17.5 Å². The van der Waals surface area contributed by atoms with Gasteiger partial charge in [-0.1, -0.05) is 12.1 Å². The van der Waals surface area contributed by atoms with Gasteiger partial charge in [0.2, 0.25) is 0 Å². The van der Waals surface area contributed by atoms with Crippen molar-refractivity contribution in [3.05, 3.63) is 87.2 Å². The van der Waals surface area contributed by atoms with E-state index in [9.17, 15) is 19.7 Å². The fourth-order valence-electron chi connectivity index (χ4n) is 3.82. The van der Waals surface area contributed by atoms with Crippen LogP contribution >= 0.6 is 0 Å². The van der Waals surface area contributed by atoms with Crippen LogP contribution in [0.25, 0.3) is 11.0 Å². The van der Waals surface area contributed by atoms with Gasteiger partial charge < -0.3 is 19.9 Å². The van der Waals surface area contributed by atoms with Crippen LogP contribution in [0.2, 0.25) is 0 Å². The summed E-state index contributed by atoms with van der Waals surface area (Å²) in [6.07, 6.45) is 0. The number of imidazole rings is 1. The summed E-state index contributed by atoms with van der Waals surface area (Å²) in [6, 6.07) is 14.4. The van der Waals surface area contributed by atoms with E-state index < -0.39 is 16.7 Å². The smallest absolute Gasteiger partial charge is 0.293 e. The molecule has 10 nitrogen and oxygen atoms in total. The predicted octanol–water partition coefficient (Wildman–Crippen LogP) is 4.63. The highest BCUT2D eigenvalue weighted by Gasteiger charge is 2.24. The van der Waals surface area contributed by atoms with E-state index in [1.54, 1.807) is 25.1 Å². The van der Waals surface area contributed by atoms with E-state index in [0.29, 0.717) is 16.8 Å². The quantitative estimate of drug-likeness (QED) is 0.310. The number of rotatable bonds is 6. The van der Waals surface area contributed by atoms with Gasteiger partial charge in [0, 0.05) is 18.7 Å². The van der Waals surface area contributed by atoms with Crippen LogP contribution in [0.5, 0.6) is 5.75 Å². The van der Waals surface area contributed by atoms with E-state index in [1.165, 1.54) is 49.4 Å². The van der Waals surface area contributed by atoms with Gasteiger partial charge >= 0.3 is 0 Å². The third kappa shape index (κ3) is 4.54. The van der Waals surface area contributed by atoms with E-state index in [1.807, 2.05) is 13.0 Å². The van der Waals surface area contributed by atoms with Crippen molar-refractivity contribution in [1.29, 1.82) is 0 Å². The molecule has 0 aliphatic heterocycles. The SMILES string of the molecule is COc1cc(C(=O)N(C)c2ccc(C)cc2[N+](=O)[O-])ccc1C(=O)Nc1cccc2[nH]c(C)nc12. The molecule has 0 radical (unpaired) electrons. The van der Waals surface area contributed by atoms with Crippen LogP contribution in [0.3, 0.4) is 0 Å². The first-order chi connectivity index (χ1) is 16.7. The number of nitrogens with one attached hydrogen (secondary N) is 2. The van der Waals surface area contributed by atoms with Crippen molar-refractivity contribution in [3.8, 4) is 5.75 Å². The average molecular weight is 473 g/mol. The number of amides is 2. The molecular weight excluding hydrogens is 450 g/mol. The number of carbonyl (C=O) groups excluding carboxylic acids is 2. The number of hydrogen-bond acceptors (Lipinski definition) is 6. The Bertz CT molecular complexity index is 1480. The van der Waals surface area contributed by atoms with E-state index in [4.69, 9.17) is 4.74 Å². The number of benzene rings is 3. The number of methoxy groups -OCH3 is 1. The maximum absolute atomic E-state index is 13.1. The molecule has 0 spiro atoms. The van der Waals surface area contributed by atoms with E-state index in [-0.39, 0.29) is 28.3 Å². The molecule has 10 heteroatoms. The summed E-state index contributed by atoms with van der Waals surface area (Å²) in [5, 5.41) is 14.3. The van der Waals surface area contributed by atoms with Crippen LogP contribution < -0.4 is 15.0 Å². The Morgan fingerprint density at radius 2 is 1.89 bits per heavy atom. The zero-order valence-corrected chi connectivity index (χ0v) is 19.6. The Balaban J connectivity index is 1.62. The van der Waals surface area contributed by atoms with Gasteiger partial charge in [0.15, 0.2) is 0 Å². The van der Waals surface area contributed by atoms with Gasteiger partial charge in [-0.25, -0.2) is 4.98 Å². The zero-order valence-electron chi connectivity index (χ0n) is 19.6. The van der Waals surface area contributed by atoms with E-state index in [0.717, 1.165) is 11.3 Å². The lowest BCUT2D eigenvalue weighted by atomic mass is 10.1. The monoisotopic (exact) mass is 473 g/mol. The number of ether oxygens (including phenoxy) is 1. The zero-order chi connectivity index (χ0) is 25.3. The van der Waals surface area contributed by atoms with Crippen LogP contribution in [-0.4, -0.2) is 40.9 Å². The Kier molecular flexibility index (Phi) is 6.20. The van der Waals surface area contributed by atoms with Crippen molar-refractivity contribution in [1.82, 2.24) is 9.97 Å². The largest absolute Gasteiger partial charge is 0.496 e. The number of aryl methyl sites for hydroxylation is 2. The second kappa shape index (κ2) is 9.26. The molecule has 1 heterocycles. The fraction of sp³-hybridized carbons (Fsp3) is 0.160. The molecule has 0 bridgehead atoms. The molecule has 2 N–H and O–H groups in total. The molecule has 0 aliphatic carbocycles. The summed E-state index contributed by atoms with van der Waals surface area (Å²) in [7, 11) is 2.85. The third-order valence-electron chi connectivity index (χ3n) is 5.57. The van der Waals surface area contributed by atoms with Crippen molar-refractivity contribution < 1.29 is 19.2 Å². The minimum Gasteiger partial charge on any atom is -0.496 e. The number of nitro benzene ring substituents is 1. The van der Waals surface area contributed by atoms with Crippen molar-refractivity contribution in [2.45, 2.75) is 13.8 Å². The lowest BCUT2D eigenvalue weighted by molar-refractivity contribution is -0.384. The van der Waals surface area contributed by atoms with E-state index >= 15 is 0 Å². The number of para-hydroxylation sites is 1. The first-order valence-corrected chi connectivity index (χ1v) is 10.7. The molecule has 0 saturated carbocycles. The summed E-state index contributed by atoms with van der Waals surface area (Å²) in [5.74, 6) is -0.0128. The summed E-state index contributed by atoms with van der Waals surface area (Å²) in [4.78, 5) is 45.9. The number of nitrogens with zero attached hydrogens (tertiary/aromatic N) is 3.